The molecule has 4 aliphatic rings. The molecule has 0 aromatic heterocycles. The van der Waals surface area contributed by atoms with Gasteiger partial charge in [0, 0.05) is 58.2 Å². The number of morpholine rings is 1. The Bertz CT molecular complexity index is 564. The number of ether oxygens (including phenoxy) is 3. The lowest BCUT2D eigenvalue weighted by Gasteiger charge is -2.30. The van der Waals surface area contributed by atoms with E-state index in [0.717, 1.165) is 39.1 Å². The fourth-order valence-corrected chi connectivity index (χ4v) is 4.50. The SMILES string of the molecule is CC.CC(C)OCC1(CN2CCOCC2)CC1(F)F.COCC1(CN2CC(F)C(F)C2)CC1. The van der Waals surface area contributed by atoms with Crippen LogP contribution in [0.4, 0.5) is 17.6 Å². The molecule has 9 heteroatoms. The van der Waals surface area contributed by atoms with Gasteiger partial charge in [0.2, 0.25) is 0 Å². The minimum Gasteiger partial charge on any atom is -0.384 e. The van der Waals surface area contributed by atoms with Gasteiger partial charge in [-0.3, -0.25) is 9.80 Å². The summed E-state index contributed by atoms with van der Waals surface area (Å²) >= 11 is 0. The number of nitrogens with zero attached hydrogens (tertiary/aromatic N) is 2. The molecular weight excluding hydrogens is 440 g/mol. The Morgan fingerprint density at radius 2 is 1.48 bits per heavy atom. The van der Waals surface area contributed by atoms with Crippen molar-refractivity contribution in [3.8, 4) is 0 Å². The third-order valence-electron chi connectivity index (χ3n) is 6.76. The van der Waals surface area contributed by atoms with E-state index < -0.39 is 23.7 Å². The quantitative estimate of drug-likeness (QED) is 0.459. The number of rotatable bonds is 9. The highest BCUT2D eigenvalue weighted by Crippen LogP contribution is 2.61. The maximum Gasteiger partial charge on any atom is 0.258 e. The molecule has 2 saturated heterocycles. The number of hydrogen-bond donors (Lipinski definition) is 0. The first-order valence-corrected chi connectivity index (χ1v) is 12.4. The fraction of sp³-hybridized carbons (Fsp3) is 1.00. The molecule has 0 amide bonds. The minimum atomic E-state index is -2.56. The van der Waals surface area contributed by atoms with Crippen molar-refractivity contribution in [1.29, 1.82) is 0 Å². The molecule has 3 atom stereocenters. The summed E-state index contributed by atoms with van der Waals surface area (Å²) in [6.07, 6.45) is -0.338. The van der Waals surface area contributed by atoms with Crippen LogP contribution in [0.25, 0.3) is 0 Å². The highest BCUT2D eigenvalue weighted by atomic mass is 19.3. The number of likely N-dealkylation sites (tertiary alicyclic amines) is 1. The van der Waals surface area contributed by atoms with Crippen LogP contribution in [0.5, 0.6) is 0 Å². The van der Waals surface area contributed by atoms with Crippen molar-refractivity contribution in [3.63, 3.8) is 0 Å². The van der Waals surface area contributed by atoms with Gasteiger partial charge in [-0.2, -0.15) is 0 Å². The standard InChI is InChI=1S/C12H21F2NO2.C10H17F2NO.C2H6/c1-10(2)17-9-11(7-12(11,13)14)8-15-3-5-16-6-4-15;1-14-7-10(2-3-10)6-13-4-8(11)9(12)5-13;1-2/h10H,3-9H2,1-2H3;8-9H,2-7H2,1H3;1-2H3. The van der Waals surface area contributed by atoms with Crippen molar-refractivity contribution in [2.24, 2.45) is 10.8 Å². The van der Waals surface area contributed by atoms with Crippen LogP contribution in [-0.2, 0) is 14.2 Å². The molecule has 4 rings (SSSR count). The second-order valence-corrected chi connectivity index (χ2v) is 10.1. The zero-order valence-corrected chi connectivity index (χ0v) is 21.1. The Morgan fingerprint density at radius 3 is 1.91 bits per heavy atom. The molecule has 196 valence electrons. The van der Waals surface area contributed by atoms with Crippen molar-refractivity contribution in [3.05, 3.63) is 0 Å². The highest BCUT2D eigenvalue weighted by molar-refractivity contribution is 5.11. The predicted octanol–water partition coefficient (Wildman–Crippen LogP) is 4.20. The topological polar surface area (TPSA) is 34.2 Å². The smallest absolute Gasteiger partial charge is 0.258 e. The molecule has 0 bridgehead atoms. The average Bonchev–Trinajstić information content (AvgIpc) is 3.60. The first-order valence-electron chi connectivity index (χ1n) is 12.4. The molecule has 5 nitrogen and oxygen atoms in total. The van der Waals surface area contributed by atoms with Gasteiger partial charge in [-0.05, 0) is 26.7 Å². The summed E-state index contributed by atoms with van der Waals surface area (Å²) in [6, 6.07) is 0. The monoisotopic (exact) mass is 484 g/mol. The molecule has 2 aliphatic carbocycles. The molecule has 0 radical (unpaired) electrons. The van der Waals surface area contributed by atoms with E-state index in [9.17, 15) is 17.6 Å². The maximum atomic E-state index is 13.5. The van der Waals surface area contributed by atoms with Crippen molar-refractivity contribution >= 4 is 0 Å². The van der Waals surface area contributed by atoms with Crippen LogP contribution in [-0.4, -0.2) is 107 Å². The molecular formula is C24H44F4N2O3. The fourth-order valence-electron chi connectivity index (χ4n) is 4.50. The van der Waals surface area contributed by atoms with Crippen LogP contribution < -0.4 is 0 Å². The van der Waals surface area contributed by atoms with Crippen LogP contribution in [0.3, 0.4) is 0 Å². The predicted molar refractivity (Wildman–Crippen MR) is 121 cm³/mol. The number of hydrogen-bond acceptors (Lipinski definition) is 5. The van der Waals surface area contributed by atoms with E-state index in [1.165, 1.54) is 0 Å². The Morgan fingerprint density at radius 1 is 0.939 bits per heavy atom. The van der Waals surface area contributed by atoms with Crippen LogP contribution in [0.15, 0.2) is 0 Å². The van der Waals surface area contributed by atoms with Gasteiger partial charge in [0.15, 0.2) is 0 Å². The van der Waals surface area contributed by atoms with Crippen molar-refractivity contribution in [2.45, 2.75) is 71.3 Å². The molecule has 0 aromatic carbocycles. The number of halogens is 4. The zero-order chi connectivity index (χ0) is 24.7. The van der Waals surface area contributed by atoms with E-state index in [1.807, 2.05) is 32.6 Å². The Balaban J connectivity index is 0.000000221. The third kappa shape index (κ3) is 8.30. The van der Waals surface area contributed by atoms with Gasteiger partial charge in [-0.15, -0.1) is 0 Å². The van der Waals surface area contributed by atoms with Gasteiger partial charge < -0.3 is 14.2 Å². The molecule has 0 spiro atoms. The molecule has 2 aliphatic heterocycles. The normalized spacial score (nSPS) is 32.5. The summed E-state index contributed by atoms with van der Waals surface area (Å²) < 4.78 is 68.6. The van der Waals surface area contributed by atoms with Gasteiger partial charge in [0.05, 0.1) is 37.9 Å². The van der Waals surface area contributed by atoms with E-state index in [-0.39, 0.29) is 37.6 Å². The molecule has 2 heterocycles. The largest absolute Gasteiger partial charge is 0.384 e. The molecule has 4 fully saturated rings. The van der Waals surface area contributed by atoms with E-state index in [0.29, 0.717) is 19.8 Å². The van der Waals surface area contributed by atoms with Gasteiger partial charge in [-0.1, -0.05) is 13.8 Å². The summed E-state index contributed by atoms with van der Waals surface area (Å²) in [5.41, 5.74) is -0.743. The lowest BCUT2D eigenvalue weighted by molar-refractivity contribution is -0.0401. The molecule has 0 aromatic rings. The van der Waals surface area contributed by atoms with Crippen molar-refractivity contribution in [1.82, 2.24) is 9.80 Å². The van der Waals surface area contributed by atoms with Crippen LogP contribution >= 0.6 is 0 Å². The Labute approximate surface area is 197 Å². The molecule has 3 unspecified atom stereocenters. The van der Waals surface area contributed by atoms with Gasteiger partial charge in [-0.25, -0.2) is 17.6 Å². The lowest BCUT2D eigenvalue weighted by atomic mass is 10.1. The van der Waals surface area contributed by atoms with Gasteiger partial charge in [0.1, 0.15) is 12.3 Å². The lowest BCUT2D eigenvalue weighted by Crippen LogP contribution is -2.42. The molecule has 0 N–H and O–H groups in total. The molecule has 2 saturated carbocycles. The van der Waals surface area contributed by atoms with Crippen LogP contribution in [0.2, 0.25) is 0 Å². The van der Waals surface area contributed by atoms with E-state index >= 15 is 0 Å². The van der Waals surface area contributed by atoms with Gasteiger partial charge in [0.25, 0.3) is 5.92 Å². The van der Waals surface area contributed by atoms with Crippen LogP contribution in [0, 0.1) is 10.8 Å². The third-order valence-corrected chi connectivity index (χ3v) is 6.76. The highest BCUT2D eigenvalue weighted by Gasteiger charge is 2.71. The number of alkyl halides is 4. The Kier molecular flexibility index (Phi) is 10.9. The first-order chi connectivity index (χ1) is 15.6. The summed E-state index contributed by atoms with van der Waals surface area (Å²) in [6.45, 7) is 13.2. The summed E-state index contributed by atoms with van der Waals surface area (Å²) in [4.78, 5) is 3.95. The summed E-state index contributed by atoms with van der Waals surface area (Å²) in [5, 5.41) is 0. The summed E-state index contributed by atoms with van der Waals surface area (Å²) in [7, 11) is 1.68. The average molecular weight is 485 g/mol. The second-order valence-electron chi connectivity index (χ2n) is 10.1. The molecule has 33 heavy (non-hydrogen) atoms. The summed E-state index contributed by atoms with van der Waals surface area (Å²) in [5.74, 6) is -2.56. The van der Waals surface area contributed by atoms with Crippen LogP contribution in [0.1, 0.15) is 47.0 Å². The van der Waals surface area contributed by atoms with E-state index in [2.05, 4.69) is 4.90 Å². The van der Waals surface area contributed by atoms with E-state index in [4.69, 9.17) is 14.2 Å². The zero-order valence-electron chi connectivity index (χ0n) is 21.1. The second kappa shape index (κ2) is 12.5. The minimum absolute atomic E-state index is 0.00737. The number of methoxy groups -OCH3 is 1. The van der Waals surface area contributed by atoms with Crippen molar-refractivity contribution < 1.29 is 31.8 Å². The van der Waals surface area contributed by atoms with Crippen molar-refractivity contribution in [2.75, 3.05) is 72.8 Å². The first kappa shape index (κ1) is 28.8. The van der Waals surface area contributed by atoms with E-state index in [1.54, 1.807) is 7.11 Å². The maximum absolute atomic E-state index is 13.5. The Hall–Kier alpha value is -0.480. The van der Waals surface area contributed by atoms with Gasteiger partial charge >= 0.3 is 0 Å².